The summed E-state index contributed by atoms with van der Waals surface area (Å²) in [5.41, 5.74) is 2.03. The van der Waals surface area contributed by atoms with Crippen LogP contribution in [-0.4, -0.2) is 5.11 Å². The molecule has 1 rings (SSSR count). The molecule has 0 radical (unpaired) electrons. The molecule has 1 aromatic rings. The molecule has 0 spiro atoms. The normalized spacial score (nSPS) is 13.1. The lowest BCUT2D eigenvalue weighted by Gasteiger charge is -1.94. The Labute approximate surface area is 79.0 Å². The second-order valence-electron chi connectivity index (χ2n) is 3.01. The Kier molecular flexibility index (Phi) is 3.32. The Bertz CT molecular complexity index is 316. The van der Waals surface area contributed by atoms with Gasteiger partial charge >= 0.3 is 0 Å². The lowest BCUT2D eigenvalue weighted by Crippen LogP contribution is -1.77. The van der Waals surface area contributed by atoms with Gasteiger partial charge in [0.2, 0.25) is 0 Å². The monoisotopic (exact) mass is 174 g/mol. The van der Waals surface area contributed by atoms with Crippen molar-refractivity contribution in [2.45, 2.75) is 13.8 Å². The maximum Gasteiger partial charge on any atom is 0.0920 e. The number of aliphatic hydroxyl groups excluding tert-OH is 1. The van der Waals surface area contributed by atoms with Gasteiger partial charge in [-0.3, -0.25) is 0 Å². The first-order valence-electron chi connectivity index (χ1n) is 4.29. The average Bonchev–Trinajstić information content (AvgIpc) is 2.15. The fourth-order valence-electron chi connectivity index (χ4n) is 0.906. The van der Waals surface area contributed by atoms with E-state index in [1.807, 2.05) is 49.4 Å². The Morgan fingerprint density at radius 2 is 1.77 bits per heavy atom. The van der Waals surface area contributed by atoms with Crippen LogP contribution in [-0.2, 0) is 0 Å². The SMILES string of the molecule is CC(O)=C(C)C=Cc1ccccc1. The minimum atomic E-state index is 0.368. The van der Waals surface area contributed by atoms with Gasteiger partial charge in [-0.05, 0) is 25.0 Å². The van der Waals surface area contributed by atoms with E-state index in [-0.39, 0.29) is 0 Å². The summed E-state index contributed by atoms with van der Waals surface area (Å²) in [6.45, 7) is 3.57. The van der Waals surface area contributed by atoms with Crippen molar-refractivity contribution < 1.29 is 5.11 Å². The number of hydrogen-bond donors (Lipinski definition) is 1. The van der Waals surface area contributed by atoms with Gasteiger partial charge in [0.15, 0.2) is 0 Å². The topological polar surface area (TPSA) is 20.2 Å². The van der Waals surface area contributed by atoms with Gasteiger partial charge in [-0.1, -0.05) is 42.5 Å². The molecule has 0 aliphatic carbocycles. The highest BCUT2D eigenvalue weighted by molar-refractivity contribution is 5.52. The van der Waals surface area contributed by atoms with E-state index in [9.17, 15) is 0 Å². The van der Waals surface area contributed by atoms with Crippen molar-refractivity contribution in [2.75, 3.05) is 0 Å². The second-order valence-corrected chi connectivity index (χ2v) is 3.01. The summed E-state index contributed by atoms with van der Waals surface area (Å²) in [7, 11) is 0. The van der Waals surface area contributed by atoms with Gasteiger partial charge in [0, 0.05) is 0 Å². The van der Waals surface area contributed by atoms with Crippen molar-refractivity contribution >= 4 is 6.08 Å². The van der Waals surface area contributed by atoms with Crippen molar-refractivity contribution in [2.24, 2.45) is 0 Å². The lowest BCUT2D eigenvalue weighted by atomic mass is 10.1. The highest BCUT2D eigenvalue weighted by atomic mass is 16.3. The third kappa shape index (κ3) is 3.16. The van der Waals surface area contributed by atoms with E-state index in [0.29, 0.717) is 5.76 Å². The predicted octanol–water partition coefficient (Wildman–Crippen LogP) is 3.55. The maximum absolute atomic E-state index is 9.13. The molecule has 0 atom stereocenters. The van der Waals surface area contributed by atoms with Crippen LogP contribution in [0.2, 0.25) is 0 Å². The third-order valence-electron chi connectivity index (χ3n) is 1.90. The Hall–Kier alpha value is -1.50. The van der Waals surface area contributed by atoms with Crippen LogP contribution in [0.4, 0.5) is 0 Å². The first-order valence-corrected chi connectivity index (χ1v) is 4.29. The third-order valence-corrected chi connectivity index (χ3v) is 1.90. The van der Waals surface area contributed by atoms with Crippen LogP contribution >= 0.6 is 0 Å². The number of aliphatic hydroxyl groups is 1. The summed E-state index contributed by atoms with van der Waals surface area (Å²) < 4.78 is 0. The lowest BCUT2D eigenvalue weighted by molar-refractivity contribution is 0.409. The zero-order chi connectivity index (χ0) is 9.68. The molecular formula is C12H14O. The summed E-state index contributed by atoms with van der Waals surface area (Å²) in [5.74, 6) is 0.368. The van der Waals surface area contributed by atoms with Gasteiger partial charge in [0.1, 0.15) is 0 Å². The number of rotatable bonds is 2. The molecule has 0 aromatic heterocycles. The average molecular weight is 174 g/mol. The van der Waals surface area contributed by atoms with Gasteiger partial charge in [-0.2, -0.15) is 0 Å². The molecule has 1 heteroatoms. The van der Waals surface area contributed by atoms with Gasteiger partial charge in [0.05, 0.1) is 5.76 Å². The number of allylic oxidation sites excluding steroid dienone is 3. The van der Waals surface area contributed by atoms with Crippen LogP contribution < -0.4 is 0 Å². The van der Waals surface area contributed by atoms with E-state index < -0.39 is 0 Å². The fraction of sp³-hybridized carbons (Fsp3) is 0.167. The van der Waals surface area contributed by atoms with Crippen LogP contribution in [0.25, 0.3) is 6.08 Å². The molecular weight excluding hydrogens is 160 g/mol. The standard InChI is InChI=1S/C12H14O/c1-10(11(2)13)8-9-12-6-4-3-5-7-12/h3-9,13H,1-2H3. The van der Waals surface area contributed by atoms with E-state index in [1.54, 1.807) is 6.92 Å². The van der Waals surface area contributed by atoms with E-state index in [1.165, 1.54) is 0 Å². The molecule has 1 nitrogen and oxygen atoms in total. The highest BCUT2D eigenvalue weighted by Gasteiger charge is 1.88. The van der Waals surface area contributed by atoms with Crippen molar-refractivity contribution in [3.05, 3.63) is 53.3 Å². The highest BCUT2D eigenvalue weighted by Crippen LogP contribution is 2.06. The van der Waals surface area contributed by atoms with Crippen molar-refractivity contribution in [3.8, 4) is 0 Å². The summed E-state index contributed by atoms with van der Waals surface area (Å²) in [6, 6.07) is 10.0. The second kappa shape index (κ2) is 4.51. The van der Waals surface area contributed by atoms with Crippen molar-refractivity contribution in [1.82, 2.24) is 0 Å². The predicted molar refractivity (Wildman–Crippen MR) is 56.5 cm³/mol. The van der Waals surface area contributed by atoms with E-state index in [2.05, 4.69) is 0 Å². The number of benzene rings is 1. The minimum Gasteiger partial charge on any atom is -0.512 e. The quantitative estimate of drug-likeness (QED) is 0.537. The molecule has 0 aliphatic heterocycles. The van der Waals surface area contributed by atoms with Crippen LogP contribution in [0.1, 0.15) is 19.4 Å². The van der Waals surface area contributed by atoms with Crippen LogP contribution in [0.3, 0.4) is 0 Å². The van der Waals surface area contributed by atoms with Crippen molar-refractivity contribution in [1.29, 1.82) is 0 Å². The summed E-state index contributed by atoms with van der Waals surface area (Å²) in [5, 5.41) is 9.13. The maximum atomic E-state index is 9.13. The Morgan fingerprint density at radius 3 is 2.31 bits per heavy atom. The molecule has 1 N–H and O–H groups in total. The zero-order valence-electron chi connectivity index (χ0n) is 7.99. The molecule has 0 saturated carbocycles. The van der Waals surface area contributed by atoms with Crippen molar-refractivity contribution in [3.63, 3.8) is 0 Å². The van der Waals surface area contributed by atoms with E-state index in [4.69, 9.17) is 5.11 Å². The van der Waals surface area contributed by atoms with Gasteiger partial charge < -0.3 is 5.11 Å². The number of hydrogen-bond acceptors (Lipinski definition) is 1. The summed E-state index contributed by atoms with van der Waals surface area (Å²) >= 11 is 0. The smallest absolute Gasteiger partial charge is 0.0920 e. The largest absolute Gasteiger partial charge is 0.512 e. The summed E-state index contributed by atoms with van der Waals surface area (Å²) in [4.78, 5) is 0. The Morgan fingerprint density at radius 1 is 1.15 bits per heavy atom. The first-order chi connectivity index (χ1) is 6.20. The van der Waals surface area contributed by atoms with Gasteiger partial charge in [0.25, 0.3) is 0 Å². The molecule has 0 unspecified atom stereocenters. The van der Waals surface area contributed by atoms with Gasteiger partial charge in [-0.25, -0.2) is 0 Å². The minimum absolute atomic E-state index is 0.368. The summed E-state index contributed by atoms with van der Waals surface area (Å²) in [6.07, 6.45) is 3.89. The van der Waals surface area contributed by atoms with E-state index in [0.717, 1.165) is 11.1 Å². The molecule has 0 heterocycles. The molecule has 0 fully saturated rings. The molecule has 0 aliphatic rings. The van der Waals surface area contributed by atoms with E-state index >= 15 is 0 Å². The van der Waals surface area contributed by atoms with Crippen LogP contribution in [0.15, 0.2) is 47.7 Å². The molecule has 0 amide bonds. The zero-order valence-corrected chi connectivity index (χ0v) is 7.99. The van der Waals surface area contributed by atoms with Crippen LogP contribution in [0, 0.1) is 0 Å². The fourth-order valence-corrected chi connectivity index (χ4v) is 0.906. The molecule has 1 aromatic carbocycles. The van der Waals surface area contributed by atoms with Crippen LogP contribution in [0.5, 0.6) is 0 Å². The van der Waals surface area contributed by atoms with Gasteiger partial charge in [-0.15, -0.1) is 0 Å². The molecule has 68 valence electrons. The first kappa shape index (κ1) is 9.59. The molecule has 13 heavy (non-hydrogen) atoms. The Balaban J connectivity index is 2.76. The molecule has 0 saturated heterocycles. The molecule has 0 bridgehead atoms.